The van der Waals surface area contributed by atoms with Gasteiger partial charge in [-0.2, -0.15) is 0 Å². The minimum atomic E-state index is 0.174. The van der Waals surface area contributed by atoms with Gasteiger partial charge in [0.25, 0.3) is 0 Å². The Hall–Kier alpha value is -0.800. The molecule has 1 aromatic heterocycles. The molecule has 1 unspecified atom stereocenters. The van der Waals surface area contributed by atoms with Crippen LogP contribution in [0, 0.1) is 0 Å². The van der Waals surface area contributed by atoms with Gasteiger partial charge in [0.05, 0.1) is 12.5 Å². The fourth-order valence-corrected chi connectivity index (χ4v) is 1.08. The minimum Gasteiger partial charge on any atom is -0.472 e. The lowest BCUT2D eigenvalue weighted by molar-refractivity contribution is 0.276. The number of rotatable bonds is 4. The molecule has 1 heterocycles. The van der Waals surface area contributed by atoms with Crippen molar-refractivity contribution in [2.24, 2.45) is 5.73 Å². The van der Waals surface area contributed by atoms with Crippen LogP contribution in [-0.2, 0) is 0 Å². The quantitative estimate of drug-likeness (QED) is 0.673. The lowest BCUT2D eigenvalue weighted by Crippen LogP contribution is -2.13. The van der Waals surface area contributed by atoms with Crippen molar-refractivity contribution >= 4 is 0 Å². The van der Waals surface area contributed by atoms with Crippen molar-refractivity contribution in [2.75, 3.05) is 13.2 Å². The van der Waals surface area contributed by atoms with Crippen LogP contribution in [0.5, 0.6) is 0 Å². The molecular formula is C8H13NO2. The molecule has 0 radical (unpaired) electrons. The van der Waals surface area contributed by atoms with E-state index in [9.17, 15) is 0 Å². The van der Waals surface area contributed by atoms with Crippen molar-refractivity contribution in [3.05, 3.63) is 24.2 Å². The zero-order valence-electron chi connectivity index (χ0n) is 6.36. The van der Waals surface area contributed by atoms with Gasteiger partial charge in [-0.15, -0.1) is 0 Å². The van der Waals surface area contributed by atoms with Crippen LogP contribution in [0.25, 0.3) is 0 Å². The van der Waals surface area contributed by atoms with Gasteiger partial charge < -0.3 is 15.3 Å². The summed E-state index contributed by atoms with van der Waals surface area (Å²) in [5.41, 5.74) is 6.57. The Labute approximate surface area is 65.8 Å². The number of aliphatic hydroxyl groups is 1. The third-order valence-electron chi connectivity index (χ3n) is 1.78. The lowest BCUT2D eigenvalue weighted by Gasteiger charge is -2.09. The van der Waals surface area contributed by atoms with Gasteiger partial charge in [-0.1, -0.05) is 0 Å². The minimum absolute atomic E-state index is 0.174. The van der Waals surface area contributed by atoms with E-state index in [1.54, 1.807) is 12.5 Å². The molecule has 0 aliphatic heterocycles. The monoisotopic (exact) mass is 155 g/mol. The molecule has 0 aliphatic rings. The molecule has 1 rings (SSSR count). The summed E-state index contributed by atoms with van der Waals surface area (Å²) in [5.74, 6) is 0.235. The lowest BCUT2D eigenvalue weighted by atomic mass is 9.99. The fraction of sp³-hybridized carbons (Fsp3) is 0.500. The van der Waals surface area contributed by atoms with Crippen LogP contribution in [0.1, 0.15) is 17.9 Å². The summed E-state index contributed by atoms with van der Waals surface area (Å²) >= 11 is 0. The molecule has 62 valence electrons. The summed E-state index contributed by atoms with van der Waals surface area (Å²) in [7, 11) is 0. The van der Waals surface area contributed by atoms with Gasteiger partial charge >= 0.3 is 0 Å². The summed E-state index contributed by atoms with van der Waals surface area (Å²) in [6, 6.07) is 1.88. The first-order chi connectivity index (χ1) is 5.38. The van der Waals surface area contributed by atoms with Crippen LogP contribution >= 0.6 is 0 Å². The molecule has 0 bridgehead atoms. The first kappa shape index (κ1) is 8.30. The van der Waals surface area contributed by atoms with Crippen LogP contribution in [0.3, 0.4) is 0 Å². The second kappa shape index (κ2) is 4.16. The summed E-state index contributed by atoms with van der Waals surface area (Å²) in [4.78, 5) is 0. The van der Waals surface area contributed by atoms with Crippen molar-refractivity contribution in [1.82, 2.24) is 0 Å². The molecule has 3 heteroatoms. The molecule has 0 spiro atoms. The first-order valence-electron chi connectivity index (χ1n) is 3.71. The maximum absolute atomic E-state index is 8.68. The summed E-state index contributed by atoms with van der Waals surface area (Å²) < 4.78 is 4.91. The molecule has 0 saturated heterocycles. The highest BCUT2D eigenvalue weighted by atomic mass is 16.3. The molecule has 0 saturated carbocycles. The Morgan fingerprint density at radius 1 is 1.64 bits per heavy atom. The molecular weight excluding hydrogens is 142 g/mol. The van der Waals surface area contributed by atoms with E-state index in [2.05, 4.69) is 0 Å². The number of hydrogen-bond donors (Lipinski definition) is 2. The Morgan fingerprint density at radius 3 is 2.91 bits per heavy atom. The smallest absolute Gasteiger partial charge is 0.0937 e. The average Bonchev–Trinajstić information content (AvgIpc) is 2.52. The summed E-state index contributed by atoms with van der Waals surface area (Å²) in [5, 5.41) is 8.68. The highest BCUT2D eigenvalue weighted by Gasteiger charge is 2.09. The van der Waals surface area contributed by atoms with E-state index < -0.39 is 0 Å². The maximum Gasteiger partial charge on any atom is 0.0937 e. The molecule has 0 aromatic carbocycles. The van der Waals surface area contributed by atoms with Gasteiger partial charge in [-0.25, -0.2) is 0 Å². The van der Waals surface area contributed by atoms with E-state index in [1.807, 2.05) is 6.07 Å². The van der Waals surface area contributed by atoms with Gasteiger partial charge in [-0.05, 0) is 24.6 Å². The zero-order chi connectivity index (χ0) is 8.10. The van der Waals surface area contributed by atoms with Gasteiger partial charge in [0, 0.05) is 12.5 Å². The van der Waals surface area contributed by atoms with E-state index in [0.717, 1.165) is 5.56 Å². The third-order valence-corrected chi connectivity index (χ3v) is 1.78. The Kier molecular flexibility index (Phi) is 3.14. The molecule has 3 nitrogen and oxygen atoms in total. The zero-order valence-corrected chi connectivity index (χ0v) is 6.36. The standard InChI is InChI=1S/C8H13NO2/c9-5-7(1-3-10)8-2-4-11-6-8/h2,4,6-7,10H,1,3,5,9H2. The van der Waals surface area contributed by atoms with E-state index in [0.29, 0.717) is 13.0 Å². The normalized spacial score (nSPS) is 13.3. The number of furan rings is 1. The van der Waals surface area contributed by atoms with E-state index in [-0.39, 0.29) is 12.5 Å². The average molecular weight is 155 g/mol. The predicted molar refractivity (Wildman–Crippen MR) is 42.2 cm³/mol. The van der Waals surface area contributed by atoms with Crippen molar-refractivity contribution in [1.29, 1.82) is 0 Å². The van der Waals surface area contributed by atoms with E-state index in [1.165, 1.54) is 0 Å². The van der Waals surface area contributed by atoms with Crippen molar-refractivity contribution in [3.8, 4) is 0 Å². The van der Waals surface area contributed by atoms with Crippen LogP contribution in [0.4, 0.5) is 0 Å². The highest BCUT2D eigenvalue weighted by Crippen LogP contribution is 2.17. The molecule has 1 aromatic rings. The molecule has 1 atom stereocenters. The SMILES string of the molecule is NCC(CCO)c1ccoc1. The Morgan fingerprint density at radius 2 is 2.45 bits per heavy atom. The Balaban J connectivity index is 2.56. The van der Waals surface area contributed by atoms with Crippen LogP contribution in [-0.4, -0.2) is 18.3 Å². The second-order valence-corrected chi connectivity index (χ2v) is 2.50. The van der Waals surface area contributed by atoms with Gasteiger partial charge in [0.1, 0.15) is 0 Å². The Bertz CT molecular complexity index is 184. The maximum atomic E-state index is 8.68. The highest BCUT2D eigenvalue weighted by molar-refractivity contribution is 5.12. The topological polar surface area (TPSA) is 59.4 Å². The van der Waals surface area contributed by atoms with Crippen LogP contribution < -0.4 is 5.73 Å². The van der Waals surface area contributed by atoms with Gasteiger partial charge in [-0.3, -0.25) is 0 Å². The van der Waals surface area contributed by atoms with E-state index >= 15 is 0 Å². The molecule has 11 heavy (non-hydrogen) atoms. The molecule has 3 N–H and O–H groups in total. The van der Waals surface area contributed by atoms with E-state index in [4.69, 9.17) is 15.3 Å². The predicted octanol–water partition coefficient (Wildman–Crippen LogP) is 0.704. The first-order valence-corrected chi connectivity index (χ1v) is 3.71. The number of aliphatic hydroxyl groups excluding tert-OH is 1. The van der Waals surface area contributed by atoms with Gasteiger partial charge in [0.2, 0.25) is 0 Å². The van der Waals surface area contributed by atoms with Crippen molar-refractivity contribution in [2.45, 2.75) is 12.3 Å². The summed E-state index contributed by atoms with van der Waals surface area (Å²) in [6.07, 6.45) is 4.00. The fourth-order valence-electron chi connectivity index (χ4n) is 1.08. The third kappa shape index (κ3) is 2.06. The molecule has 0 aliphatic carbocycles. The van der Waals surface area contributed by atoms with Crippen LogP contribution in [0.2, 0.25) is 0 Å². The summed E-state index contributed by atoms with van der Waals surface area (Å²) in [6.45, 7) is 0.729. The van der Waals surface area contributed by atoms with Crippen LogP contribution in [0.15, 0.2) is 23.0 Å². The number of nitrogens with two attached hydrogens (primary N) is 1. The molecule has 0 fully saturated rings. The largest absolute Gasteiger partial charge is 0.472 e. The second-order valence-electron chi connectivity index (χ2n) is 2.50. The number of hydrogen-bond acceptors (Lipinski definition) is 3. The van der Waals surface area contributed by atoms with Crippen molar-refractivity contribution in [3.63, 3.8) is 0 Å². The van der Waals surface area contributed by atoms with Crippen molar-refractivity contribution < 1.29 is 9.52 Å². The molecule has 0 amide bonds. The van der Waals surface area contributed by atoms with Gasteiger partial charge in [0.15, 0.2) is 0 Å².